The molecule has 1 aromatic carbocycles. The molecule has 1 unspecified atom stereocenters. The molecule has 1 aliphatic heterocycles. The van der Waals surface area contributed by atoms with E-state index in [0.717, 1.165) is 11.3 Å². The lowest BCUT2D eigenvalue weighted by atomic mass is 10.1. The molecule has 0 aliphatic carbocycles. The van der Waals surface area contributed by atoms with Crippen molar-refractivity contribution in [2.24, 2.45) is 0 Å². The zero-order valence-corrected chi connectivity index (χ0v) is 8.99. The molecule has 16 heavy (non-hydrogen) atoms. The average Bonchev–Trinajstić information content (AvgIpc) is 2.49. The summed E-state index contributed by atoms with van der Waals surface area (Å²) >= 11 is 0. The van der Waals surface area contributed by atoms with E-state index < -0.39 is 6.04 Å². The molecule has 0 aromatic heterocycles. The van der Waals surface area contributed by atoms with Crippen LogP contribution < -0.4 is 10.6 Å². The molecule has 0 bridgehead atoms. The highest BCUT2D eigenvalue weighted by Crippen LogP contribution is 2.23. The number of carbonyl (C=O) groups excluding carboxylic acids is 1. The summed E-state index contributed by atoms with van der Waals surface area (Å²) in [7, 11) is 1.37. The SMILES string of the molecule is COC(=O)C1CNCc2cc(O)ccc2N1. The van der Waals surface area contributed by atoms with Crippen LogP contribution in [0.25, 0.3) is 0 Å². The van der Waals surface area contributed by atoms with Gasteiger partial charge in [-0.05, 0) is 23.8 Å². The average molecular weight is 222 g/mol. The number of phenols is 1. The minimum Gasteiger partial charge on any atom is -0.508 e. The topological polar surface area (TPSA) is 70.6 Å². The van der Waals surface area contributed by atoms with Gasteiger partial charge in [0.1, 0.15) is 11.8 Å². The van der Waals surface area contributed by atoms with Crippen LogP contribution in [0.1, 0.15) is 5.56 Å². The molecule has 0 saturated carbocycles. The summed E-state index contributed by atoms with van der Waals surface area (Å²) in [6, 6.07) is 4.63. The van der Waals surface area contributed by atoms with Crippen LogP contribution in [0.2, 0.25) is 0 Å². The fourth-order valence-corrected chi connectivity index (χ4v) is 1.74. The number of ether oxygens (including phenoxy) is 1. The Balaban J connectivity index is 2.24. The number of nitrogens with one attached hydrogen (secondary N) is 2. The molecule has 0 saturated heterocycles. The lowest BCUT2D eigenvalue weighted by Crippen LogP contribution is -2.37. The molecule has 0 amide bonds. The largest absolute Gasteiger partial charge is 0.508 e. The Hall–Kier alpha value is -1.75. The summed E-state index contributed by atoms with van der Waals surface area (Å²) in [5.41, 5.74) is 1.78. The molecule has 1 heterocycles. The highest BCUT2D eigenvalue weighted by molar-refractivity contribution is 5.80. The quantitative estimate of drug-likeness (QED) is 0.475. The van der Waals surface area contributed by atoms with Crippen LogP contribution in [-0.4, -0.2) is 30.8 Å². The van der Waals surface area contributed by atoms with E-state index in [2.05, 4.69) is 10.6 Å². The van der Waals surface area contributed by atoms with Crippen LogP contribution in [0.3, 0.4) is 0 Å². The van der Waals surface area contributed by atoms with E-state index in [0.29, 0.717) is 13.1 Å². The number of rotatable bonds is 1. The van der Waals surface area contributed by atoms with Gasteiger partial charge in [0.25, 0.3) is 0 Å². The van der Waals surface area contributed by atoms with Gasteiger partial charge in [0, 0.05) is 18.8 Å². The molecular weight excluding hydrogens is 208 g/mol. The monoisotopic (exact) mass is 222 g/mol. The van der Waals surface area contributed by atoms with Crippen LogP contribution in [-0.2, 0) is 16.1 Å². The number of fused-ring (bicyclic) bond motifs is 1. The normalized spacial score (nSPS) is 19.2. The van der Waals surface area contributed by atoms with Crippen molar-refractivity contribution in [3.63, 3.8) is 0 Å². The van der Waals surface area contributed by atoms with Gasteiger partial charge in [0.2, 0.25) is 0 Å². The second-order valence-corrected chi connectivity index (χ2v) is 3.69. The van der Waals surface area contributed by atoms with Crippen molar-refractivity contribution in [2.75, 3.05) is 19.0 Å². The summed E-state index contributed by atoms with van der Waals surface area (Å²) < 4.78 is 4.69. The number of methoxy groups -OCH3 is 1. The molecule has 0 radical (unpaired) electrons. The molecule has 1 aromatic rings. The first-order valence-electron chi connectivity index (χ1n) is 5.07. The number of hydrogen-bond acceptors (Lipinski definition) is 5. The fraction of sp³-hybridized carbons (Fsp3) is 0.364. The molecule has 86 valence electrons. The van der Waals surface area contributed by atoms with Crippen LogP contribution in [0.4, 0.5) is 5.69 Å². The second-order valence-electron chi connectivity index (χ2n) is 3.69. The van der Waals surface area contributed by atoms with Crippen molar-refractivity contribution in [1.82, 2.24) is 5.32 Å². The van der Waals surface area contributed by atoms with E-state index in [9.17, 15) is 9.90 Å². The van der Waals surface area contributed by atoms with Gasteiger partial charge in [-0.3, -0.25) is 0 Å². The zero-order chi connectivity index (χ0) is 11.5. The van der Waals surface area contributed by atoms with Crippen molar-refractivity contribution in [3.8, 4) is 5.75 Å². The second kappa shape index (κ2) is 4.40. The van der Waals surface area contributed by atoms with Gasteiger partial charge < -0.3 is 20.5 Å². The molecule has 2 rings (SSSR count). The Morgan fingerprint density at radius 1 is 1.56 bits per heavy atom. The Kier molecular flexibility index (Phi) is 2.96. The summed E-state index contributed by atoms with van der Waals surface area (Å²) in [5.74, 6) is -0.0766. The first-order chi connectivity index (χ1) is 7.70. The van der Waals surface area contributed by atoms with Gasteiger partial charge in [0.15, 0.2) is 0 Å². The maximum Gasteiger partial charge on any atom is 0.329 e. The lowest BCUT2D eigenvalue weighted by Gasteiger charge is -2.15. The van der Waals surface area contributed by atoms with Gasteiger partial charge in [-0.15, -0.1) is 0 Å². The molecule has 0 fully saturated rings. The summed E-state index contributed by atoms with van der Waals surface area (Å²) in [6.45, 7) is 1.12. The number of esters is 1. The van der Waals surface area contributed by atoms with Crippen LogP contribution in [0.5, 0.6) is 5.75 Å². The summed E-state index contributed by atoms with van der Waals surface area (Å²) in [4.78, 5) is 11.4. The van der Waals surface area contributed by atoms with Crippen LogP contribution in [0, 0.1) is 0 Å². The number of phenolic OH excluding ortho intramolecular Hbond substituents is 1. The maximum atomic E-state index is 11.4. The number of hydrogen-bond donors (Lipinski definition) is 3. The molecule has 0 spiro atoms. The van der Waals surface area contributed by atoms with Crippen molar-refractivity contribution < 1.29 is 14.6 Å². The highest BCUT2D eigenvalue weighted by Gasteiger charge is 2.22. The van der Waals surface area contributed by atoms with E-state index >= 15 is 0 Å². The summed E-state index contributed by atoms with van der Waals surface area (Å²) in [5, 5.41) is 15.6. The van der Waals surface area contributed by atoms with E-state index in [-0.39, 0.29) is 11.7 Å². The predicted molar refractivity (Wildman–Crippen MR) is 59.2 cm³/mol. The van der Waals surface area contributed by atoms with Gasteiger partial charge in [-0.25, -0.2) is 4.79 Å². The van der Waals surface area contributed by atoms with Crippen molar-refractivity contribution in [2.45, 2.75) is 12.6 Å². The Morgan fingerprint density at radius 2 is 2.38 bits per heavy atom. The zero-order valence-electron chi connectivity index (χ0n) is 8.99. The number of aromatic hydroxyl groups is 1. The van der Waals surface area contributed by atoms with E-state index in [1.165, 1.54) is 7.11 Å². The van der Waals surface area contributed by atoms with Crippen molar-refractivity contribution in [1.29, 1.82) is 0 Å². The number of benzene rings is 1. The molecule has 5 heteroatoms. The predicted octanol–water partition coefficient (Wildman–Crippen LogP) is 0.449. The maximum absolute atomic E-state index is 11.4. The number of carbonyl (C=O) groups is 1. The van der Waals surface area contributed by atoms with Crippen LogP contribution in [0.15, 0.2) is 18.2 Å². The van der Waals surface area contributed by atoms with Crippen molar-refractivity contribution in [3.05, 3.63) is 23.8 Å². The van der Waals surface area contributed by atoms with Crippen molar-refractivity contribution >= 4 is 11.7 Å². The molecule has 1 aliphatic rings. The highest BCUT2D eigenvalue weighted by atomic mass is 16.5. The van der Waals surface area contributed by atoms with Gasteiger partial charge in [-0.2, -0.15) is 0 Å². The minimum absolute atomic E-state index is 0.221. The Bertz CT molecular complexity index is 406. The lowest BCUT2D eigenvalue weighted by molar-refractivity contribution is -0.141. The Morgan fingerprint density at radius 3 is 3.12 bits per heavy atom. The number of anilines is 1. The Labute approximate surface area is 93.4 Å². The summed E-state index contributed by atoms with van der Waals surface area (Å²) in [6.07, 6.45) is 0. The standard InChI is InChI=1S/C11H14N2O3/c1-16-11(15)10-6-12-5-7-4-8(14)2-3-9(7)13-10/h2-4,10,12-14H,5-6H2,1H3. The smallest absolute Gasteiger partial charge is 0.329 e. The van der Waals surface area contributed by atoms with Gasteiger partial charge in [0.05, 0.1) is 7.11 Å². The molecule has 3 N–H and O–H groups in total. The molecular formula is C11H14N2O3. The van der Waals surface area contributed by atoms with E-state index in [1.54, 1.807) is 18.2 Å². The minimum atomic E-state index is -0.393. The van der Waals surface area contributed by atoms with Crippen LogP contribution >= 0.6 is 0 Å². The van der Waals surface area contributed by atoms with Gasteiger partial charge >= 0.3 is 5.97 Å². The third-order valence-corrected chi connectivity index (χ3v) is 2.57. The van der Waals surface area contributed by atoms with Gasteiger partial charge in [-0.1, -0.05) is 0 Å². The first-order valence-corrected chi connectivity index (χ1v) is 5.07. The van der Waals surface area contributed by atoms with E-state index in [1.807, 2.05) is 0 Å². The third-order valence-electron chi connectivity index (χ3n) is 2.57. The van der Waals surface area contributed by atoms with E-state index in [4.69, 9.17) is 4.74 Å². The fourth-order valence-electron chi connectivity index (χ4n) is 1.74. The third kappa shape index (κ3) is 2.09. The molecule has 5 nitrogen and oxygen atoms in total. The molecule has 1 atom stereocenters. The first kappa shape index (κ1) is 10.8.